The lowest BCUT2D eigenvalue weighted by molar-refractivity contribution is -0.114. The van der Waals surface area contributed by atoms with E-state index in [1.165, 1.54) is 10.6 Å². The summed E-state index contributed by atoms with van der Waals surface area (Å²) in [5.41, 5.74) is 5.92. The molecule has 4 nitrogen and oxygen atoms in total. The first-order valence-corrected chi connectivity index (χ1v) is 11.2. The van der Waals surface area contributed by atoms with E-state index in [1.54, 1.807) is 0 Å². The Morgan fingerprint density at radius 1 is 0.794 bits per heavy atom. The first-order chi connectivity index (χ1) is 16.7. The highest BCUT2D eigenvalue weighted by molar-refractivity contribution is 6.37. The lowest BCUT2D eigenvalue weighted by Gasteiger charge is -2.12. The van der Waals surface area contributed by atoms with E-state index in [1.807, 2.05) is 91.0 Å². The molecule has 4 aromatic rings. The second-order valence-corrected chi connectivity index (χ2v) is 8.14. The summed E-state index contributed by atoms with van der Waals surface area (Å²) in [6.07, 6.45) is 1.88. The number of hydrogen-bond acceptors (Lipinski definition) is 3. The molecule has 0 unspecified atom stereocenters. The molecule has 0 fully saturated rings. The second kappa shape index (κ2) is 9.59. The van der Waals surface area contributed by atoms with Crippen LogP contribution >= 0.6 is 0 Å². The number of carbonyl (C=O) groups is 1. The van der Waals surface area contributed by atoms with Crippen molar-refractivity contribution in [1.29, 1.82) is 0 Å². The molecule has 1 aliphatic heterocycles. The minimum atomic E-state index is -0.168. The zero-order valence-corrected chi connectivity index (χ0v) is 18.9. The quantitative estimate of drug-likeness (QED) is 0.323. The molecule has 0 atom stereocenters. The Labute approximate surface area is 199 Å². The molecule has 0 aliphatic carbocycles. The predicted molar refractivity (Wildman–Crippen MR) is 137 cm³/mol. The van der Waals surface area contributed by atoms with E-state index in [-0.39, 0.29) is 5.91 Å². The maximum atomic E-state index is 13.5. The van der Waals surface area contributed by atoms with Crippen LogP contribution in [0.25, 0.3) is 6.08 Å². The van der Waals surface area contributed by atoms with Gasteiger partial charge >= 0.3 is 0 Å². The molecule has 1 amide bonds. The maximum absolute atomic E-state index is 13.5. The van der Waals surface area contributed by atoms with Crippen LogP contribution in [0.5, 0.6) is 5.75 Å². The van der Waals surface area contributed by atoms with E-state index in [2.05, 4.69) is 31.2 Å². The van der Waals surface area contributed by atoms with Crippen molar-refractivity contribution < 1.29 is 9.53 Å². The van der Waals surface area contributed by atoms with Gasteiger partial charge in [-0.05, 0) is 36.8 Å². The van der Waals surface area contributed by atoms with Gasteiger partial charge < -0.3 is 4.74 Å². The summed E-state index contributed by atoms with van der Waals surface area (Å²) in [5, 5.41) is 6.17. The largest absolute Gasteiger partial charge is 0.488 e. The van der Waals surface area contributed by atoms with E-state index in [9.17, 15) is 4.79 Å². The number of nitrogens with zero attached hydrogens (tertiary/aromatic N) is 2. The number of aryl methyl sites for hydroxylation is 1. The van der Waals surface area contributed by atoms with E-state index < -0.39 is 0 Å². The normalized spacial score (nSPS) is 14.4. The summed E-state index contributed by atoms with van der Waals surface area (Å²) in [7, 11) is 0. The number of anilines is 1. The van der Waals surface area contributed by atoms with E-state index in [4.69, 9.17) is 9.84 Å². The average Bonchev–Trinajstić information content (AvgIpc) is 3.21. The highest BCUT2D eigenvalue weighted by Crippen LogP contribution is 2.30. The summed E-state index contributed by atoms with van der Waals surface area (Å²) < 4.78 is 6.15. The molecule has 166 valence electrons. The summed E-state index contributed by atoms with van der Waals surface area (Å²) in [5.74, 6) is 0.548. The molecule has 1 heterocycles. The monoisotopic (exact) mass is 444 g/mol. The molecule has 0 spiro atoms. The molecule has 0 saturated heterocycles. The minimum Gasteiger partial charge on any atom is -0.488 e. The number of benzene rings is 4. The van der Waals surface area contributed by atoms with Crippen molar-refractivity contribution in [2.24, 2.45) is 5.10 Å². The first kappa shape index (κ1) is 21.4. The van der Waals surface area contributed by atoms with Gasteiger partial charge in [-0.1, -0.05) is 96.6 Å². The molecule has 1 aliphatic rings. The fourth-order valence-corrected chi connectivity index (χ4v) is 3.83. The van der Waals surface area contributed by atoms with Crippen LogP contribution in [0.3, 0.4) is 0 Å². The van der Waals surface area contributed by atoms with Gasteiger partial charge in [0.1, 0.15) is 18.1 Å². The van der Waals surface area contributed by atoms with Gasteiger partial charge in [0.25, 0.3) is 5.91 Å². The number of amides is 1. The van der Waals surface area contributed by atoms with Crippen LogP contribution in [-0.4, -0.2) is 11.6 Å². The number of hydrazone groups is 1. The van der Waals surface area contributed by atoms with Crippen molar-refractivity contribution >= 4 is 23.4 Å². The van der Waals surface area contributed by atoms with Crippen molar-refractivity contribution in [2.45, 2.75) is 13.5 Å². The van der Waals surface area contributed by atoms with Crippen LogP contribution < -0.4 is 9.75 Å². The van der Waals surface area contributed by atoms with Crippen LogP contribution in [0.15, 0.2) is 120 Å². The Balaban J connectivity index is 1.51. The number of ether oxygens (including phenoxy) is 1. The lowest BCUT2D eigenvalue weighted by atomic mass is 10.00. The molecule has 4 aromatic carbocycles. The number of hydrogen-bond donors (Lipinski definition) is 0. The fraction of sp³-hybridized carbons (Fsp3) is 0.0667. The molecular weight excluding hydrogens is 420 g/mol. The average molecular weight is 445 g/mol. The van der Waals surface area contributed by atoms with Crippen molar-refractivity contribution in [1.82, 2.24) is 0 Å². The predicted octanol–water partition coefficient (Wildman–Crippen LogP) is 6.41. The van der Waals surface area contributed by atoms with E-state index >= 15 is 0 Å². The van der Waals surface area contributed by atoms with Gasteiger partial charge in [-0.3, -0.25) is 4.79 Å². The Kier molecular flexibility index (Phi) is 6.04. The maximum Gasteiger partial charge on any atom is 0.281 e. The summed E-state index contributed by atoms with van der Waals surface area (Å²) in [6, 6.07) is 35.3. The van der Waals surface area contributed by atoms with Crippen LogP contribution in [-0.2, 0) is 11.4 Å². The van der Waals surface area contributed by atoms with Crippen molar-refractivity contribution in [3.63, 3.8) is 0 Å². The minimum absolute atomic E-state index is 0.168. The molecule has 0 saturated carbocycles. The Hall–Kier alpha value is -4.44. The van der Waals surface area contributed by atoms with Crippen molar-refractivity contribution in [3.8, 4) is 5.75 Å². The zero-order valence-electron chi connectivity index (χ0n) is 18.9. The topological polar surface area (TPSA) is 41.9 Å². The van der Waals surface area contributed by atoms with E-state index in [0.29, 0.717) is 23.6 Å². The van der Waals surface area contributed by atoms with Gasteiger partial charge in [0.15, 0.2) is 0 Å². The molecule has 0 bridgehead atoms. The zero-order chi connectivity index (χ0) is 23.3. The smallest absolute Gasteiger partial charge is 0.281 e. The molecule has 34 heavy (non-hydrogen) atoms. The van der Waals surface area contributed by atoms with Crippen LogP contribution in [0.1, 0.15) is 22.3 Å². The summed E-state index contributed by atoms with van der Waals surface area (Å²) >= 11 is 0. The molecule has 0 aromatic heterocycles. The third-order valence-corrected chi connectivity index (χ3v) is 5.66. The molecule has 0 N–H and O–H groups in total. The highest BCUT2D eigenvalue weighted by atomic mass is 16.5. The number of rotatable bonds is 6. The number of para-hydroxylation sites is 2. The third kappa shape index (κ3) is 4.52. The van der Waals surface area contributed by atoms with Crippen LogP contribution in [0.2, 0.25) is 0 Å². The lowest BCUT2D eigenvalue weighted by Crippen LogP contribution is -2.21. The molecular formula is C30H24N2O2. The molecule has 4 heteroatoms. The Bertz CT molecular complexity index is 1360. The van der Waals surface area contributed by atoms with Crippen LogP contribution in [0, 0.1) is 6.92 Å². The number of carbonyl (C=O) groups excluding carboxylic acids is 1. The standard InChI is InChI=1S/C30H24N2O2/c1-22-16-18-23(19-17-22)21-34-28-15-9-8-12-25(28)20-27-29(24-10-4-2-5-11-24)31-32(30(27)33)26-13-6-3-7-14-26/h2-20H,21H2,1H3/b27-20-. The Morgan fingerprint density at radius 3 is 2.18 bits per heavy atom. The van der Waals surface area contributed by atoms with Crippen molar-refractivity contribution in [2.75, 3.05) is 5.01 Å². The van der Waals surface area contributed by atoms with Gasteiger partial charge in [-0.2, -0.15) is 10.1 Å². The fourth-order valence-electron chi connectivity index (χ4n) is 3.83. The van der Waals surface area contributed by atoms with Gasteiger partial charge in [0, 0.05) is 11.1 Å². The van der Waals surface area contributed by atoms with Crippen molar-refractivity contribution in [3.05, 3.63) is 137 Å². The second-order valence-electron chi connectivity index (χ2n) is 8.14. The molecule has 0 radical (unpaired) electrons. The Morgan fingerprint density at radius 2 is 1.44 bits per heavy atom. The van der Waals surface area contributed by atoms with E-state index in [0.717, 1.165) is 22.4 Å². The highest BCUT2D eigenvalue weighted by Gasteiger charge is 2.32. The molecule has 5 rings (SSSR count). The van der Waals surface area contributed by atoms with Gasteiger partial charge in [-0.15, -0.1) is 0 Å². The third-order valence-electron chi connectivity index (χ3n) is 5.66. The SMILES string of the molecule is Cc1ccc(COc2ccccc2/C=C2\C(=O)N(c3ccccc3)N=C2c2ccccc2)cc1. The van der Waals surface area contributed by atoms with Crippen LogP contribution in [0.4, 0.5) is 5.69 Å². The first-order valence-electron chi connectivity index (χ1n) is 11.2. The van der Waals surface area contributed by atoms with Gasteiger partial charge in [0.2, 0.25) is 0 Å². The van der Waals surface area contributed by atoms with Gasteiger partial charge in [0.05, 0.1) is 11.3 Å². The summed E-state index contributed by atoms with van der Waals surface area (Å²) in [6.45, 7) is 2.51. The van der Waals surface area contributed by atoms with Gasteiger partial charge in [-0.25, -0.2) is 0 Å². The summed E-state index contributed by atoms with van der Waals surface area (Å²) in [4.78, 5) is 13.5.